The van der Waals surface area contributed by atoms with E-state index in [4.69, 9.17) is 16.3 Å². The Bertz CT molecular complexity index is 1080. The lowest BCUT2D eigenvalue weighted by atomic mass is 10.1. The Morgan fingerprint density at radius 1 is 1.14 bits per heavy atom. The Labute approximate surface area is 211 Å². The predicted molar refractivity (Wildman–Crippen MR) is 127 cm³/mol. The summed E-state index contributed by atoms with van der Waals surface area (Å²) in [6.07, 6.45) is -4.51. The summed E-state index contributed by atoms with van der Waals surface area (Å²) in [5.41, 5.74) is 1.33. The van der Waals surface area contributed by atoms with E-state index < -0.39 is 24.7 Å². The molecule has 3 amide bonds. The summed E-state index contributed by atoms with van der Waals surface area (Å²) in [7, 11) is 0. The number of alkyl halides is 3. The third-order valence-electron chi connectivity index (χ3n) is 5.68. The van der Waals surface area contributed by atoms with Crippen molar-refractivity contribution in [1.82, 2.24) is 9.80 Å². The highest BCUT2D eigenvalue weighted by Crippen LogP contribution is 2.32. The molecule has 2 aromatic rings. The molecule has 12 heteroatoms. The predicted octanol–water partition coefficient (Wildman–Crippen LogP) is 3.54. The summed E-state index contributed by atoms with van der Waals surface area (Å²) >= 11 is 6.26. The molecular weight excluding hydrogens is 503 g/mol. The number of carbonyl (C=O) groups is 2. The molecule has 0 saturated carbocycles. The van der Waals surface area contributed by atoms with Crippen molar-refractivity contribution in [1.29, 1.82) is 0 Å². The maximum atomic E-state index is 13.6. The van der Waals surface area contributed by atoms with Gasteiger partial charge in [-0.25, -0.2) is 4.79 Å². The number of aliphatic hydroxyl groups is 2. The smallest absolute Gasteiger partial charge is 0.422 e. The number of halogens is 4. The SMILES string of the molecule is C[C@@H]1CN(C(=O)c2ccc(OCC(F)(F)F)cc2Cl)c2ccccc2CN1C(=O)N(CCO)CCO. The first-order chi connectivity index (χ1) is 17.1. The van der Waals surface area contributed by atoms with E-state index in [9.17, 15) is 33.0 Å². The molecule has 1 heterocycles. The summed E-state index contributed by atoms with van der Waals surface area (Å²) in [5, 5.41) is 18.6. The minimum Gasteiger partial charge on any atom is -0.484 e. The Hall–Kier alpha value is -3.02. The highest BCUT2D eigenvalue weighted by Gasteiger charge is 2.34. The molecule has 36 heavy (non-hydrogen) atoms. The standard InChI is InChI=1S/C24H27ClF3N3O5/c1-16-13-31(22(34)19-7-6-18(12-20(19)25)36-15-24(26,27)28)21-5-3-2-4-17(21)14-30(16)23(35)29(8-10-32)9-11-33/h2-7,12,16,32-33H,8-11,13-15H2,1H3/t16-/m1/s1. The zero-order valence-corrected chi connectivity index (χ0v) is 20.3. The molecule has 3 rings (SSSR count). The zero-order valence-electron chi connectivity index (χ0n) is 19.5. The first-order valence-corrected chi connectivity index (χ1v) is 11.6. The Balaban J connectivity index is 1.90. The van der Waals surface area contributed by atoms with Crippen LogP contribution in [0, 0.1) is 0 Å². The fourth-order valence-corrected chi connectivity index (χ4v) is 4.20. The largest absolute Gasteiger partial charge is 0.484 e. The molecule has 0 spiro atoms. The lowest BCUT2D eigenvalue weighted by molar-refractivity contribution is -0.153. The minimum atomic E-state index is -4.51. The zero-order chi connectivity index (χ0) is 26.5. The maximum Gasteiger partial charge on any atom is 0.422 e. The Kier molecular flexibility index (Phi) is 9.04. The van der Waals surface area contributed by atoms with Crippen molar-refractivity contribution < 1.29 is 37.7 Å². The molecule has 1 aliphatic rings. The summed E-state index contributed by atoms with van der Waals surface area (Å²) in [4.78, 5) is 31.2. The number of aliphatic hydroxyl groups excluding tert-OH is 2. The summed E-state index contributed by atoms with van der Waals surface area (Å²) in [6, 6.07) is 9.91. The average Bonchev–Trinajstić information content (AvgIpc) is 2.98. The van der Waals surface area contributed by atoms with E-state index in [2.05, 4.69) is 0 Å². The number of ether oxygens (including phenoxy) is 1. The Morgan fingerprint density at radius 3 is 2.42 bits per heavy atom. The number of hydrogen-bond acceptors (Lipinski definition) is 5. The molecule has 196 valence electrons. The lowest BCUT2D eigenvalue weighted by Crippen LogP contribution is -2.51. The number of fused-ring (bicyclic) bond motifs is 1. The topological polar surface area (TPSA) is 93.6 Å². The number of anilines is 1. The number of amides is 3. The molecule has 1 atom stereocenters. The van der Waals surface area contributed by atoms with Crippen LogP contribution in [0.4, 0.5) is 23.7 Å². The van der Waals surface area contributed by atoms with Gasteiger partial charge in [0.25, 0.3) is 5.91 Å². The molecule has 0 aliphatic carbocycles. The molecule has 0 radical (unpaired) electrons. The van der Waals surface area contributed by atoms with Gasteiger partial charge in [0, 0.05) is 37.9 Å². The highest BCUT2D eigenvalue weighted by molar-refractivity contribution is 6.34. The molecule has 0 aromatic heterocycles. The molecule has 0 bridgehead atoms. The van der Waals surface area contributed by atoms with Crippen LogP contribution in [0.25, 0.3) is 0 Å². The molecule has 0 fully saturated rings. The van der Waals surface area contributed by atoms with Gasteiger partial charge in [-0.3, -0.25) is 4.79 Å². The van der Waals surface area contributed by atoms with Crippen molar-refractivity contribution in [2.75, 3.05) is 44.4 Å². The van der Waals surface area contributed by atoms with E-state index in [0.717, 1.165) is 6.07 Å². The van der Waals surface area contributed by atoms with Crippen LogP contribution in [0.3, 0.4) is 0 Å². The molecule has 0 saturated heterocycles. The van der Waals surface area contributed by atoms with Crippen LogP contribution in [0.1, 0.15) is 22.8 Å². The molecule has 2 N–H and O–H groups in total. The Morgan fingerprint density at radius 2 is 1.81 bits per heavy atom. The minimum absolute atomic E-state index is 0.0469. The third-order valence-corrected chi connectivity index (χ3v) is 5.99. The number of urea groups is 1. The number of hydrogen-bond donors (Lipinski definition) is 2. The van der Waals surface area contributed by atoms with Gasteiger partial charge in [0.15, 0.2) is 6.61 Å². The van der Waals surface area contributed by atoms with Gasteiger partial charge in [-0.15, -0.1) is 0 Å². The van der Waals surface area contributed by atoms with Crippen molar-refractivity contribution in [3.63, 3.8) is 0 Å². The van der Waals surface area contributed by atoms with Crippen LogP contribution in [-0.4, -0.2) is 83.6 Å². The number of carbonyl (C=O) groups excluding carboxylic acids is 2. The lowest BCUT2D eigenvalue weighted by Gasteiger charge is -2.33. The van der Waals surface area contributed by atoms with E-state index in [1.54, 1.807) is 36.1 Å². The number of benzene rings is 2. The second-order valence-corrected chi connectivity index (χ2v) is 8.69. The molecule has 1 aliphatic heterocycles. The molecule has 8 nitrogen and oxygen atoms in total. The number of para-hydroxylation sites is 1. The first kappa shape index (κ1) is 27.6. The summed E-state index contributed by atoms with van der Waals surface area (Å²) in [6.45, 7) is 0.141. The van der Waals surface area contributed by atoms with Gasteiger partial charge in [0.1, 0.15) is 5.75 Å². The molecular formula is C24H27ClF3N3O5. The van der Waals surface area contributed by atoms with Crippen LogP contribution in [0.5, 0.6) is 5.75 Å². The van der Waals surface area contributed by atoms with E-state index in [0.29, 0.717) is 11.3 Å². The van der Waals surface area contributed by atoms with Crippen molar-refractivity contribution in [3.05, 3.63) is 58.6 Å². The average molecular weight is 530 g/mol. The number of rotatable bonds is 7. The molecule has 2 aromatic carbocycles. The van der Waals surface area contributed by atoms with Crippen molar-refractivity contribution in [3.8, 4) is 5.75 Å². The van der Waals surface area contributed by atoms with Gasteiger partial charge >= 0.3 is 12.2 Å². The van der Waals surface area contributed by atoms with Crippen molar-refractivity contribution in [2.45, 2.75) is 25.7 Å². The second kappa shape index (κ2) is 11.8. The first-order valence-electron chi connectivity index (χ1n) is 11.2. The monoisotopic (exact) mass is 529 g/mol. The van der Waals surface area contributed by atoms with E-state index in [-0.39, 0.29) is 61.8 Å². The normalized spacial score (nSPS) is 15.8. The van der Waals surface area contributed by atoms with Crippen molar-refractivity contribution >= 4 is 29.2 Å². The van der Waals surface area contributed by atoms with Crippen LogP contribution in [-0.2, 0) is 6.54 Å². The van der Waals surface area contributed by atoms with E-state index in [1.165, 1.54) is 21.9 Å². The van der Waals surface area contributed by atoms with Gasteiger partial charge < -0.3 is 29.6 Å². The highest BCUT2D eigenvalue weighted by atomic mass is 35.5. The van der Waals surface area contributed by atoms with Crippen molar-refractivity contribution in [2.24, 2.45) is 0 Å². The maximum absolute atomic E-state index is 13.6. The summed E-state index contributed by atoms with van der Waals surface area (Å²) < 4.78 is 42.1. The van der Waals surface area contributed by atoms with Crippen LogP contribution in [0.2, 0.25) is 5.02 Å². The fourth-order valence-electron chi connectivity index (χ4n) is 3.95. The third kappa shape index (κ3) is 6.59. The van der Waals surface area contributed by atoms with E-state index >= 15 is 0 Å². The van der Waals surface area contributed by atoms with Gasteiger partial charge in [0.05, 0.1) is 23.8 Å². The fraction of sp³-hybridized carbons (Fsp3) is 0.417. The van der Waals surface area contributed by atoms with Crippen LogP contribution in [0.15, 0.2) is 42.5 Å². The van der Waals surface area contributed by atoms with E-state index in [1.807, 2.05) is 0 Å². The van der Waals surface area contributed by atoms with Gasteiger partial charge in [0.2, 0.25) is 0 Å². The number of nitrogens with zero attached hydrogens (tertiary/aromatic N) is 3. The second-order valence-electron chi connectivity index (χ2n) is 8.28. The van der Waals surface area contributed by atoms with Gasteiger partial charge in [-0.1, -0.05) is 29.8 Å². The quantitative estimate of drug-likeness (QED) is 0.572. The van der Waals surface area contributed by atoms with Gasteiger partial charge in [-0.05, 0) is 36.8 Å². The van der Waals surface area contributed by atoms with Gasteiger partial charge in [-0.2, -0.15) is 13.2 Å². The summed E-state index contributed by atoms with van der Waals surface area (Å²) in [5.74, 6) is -0.610. The van der Waals surface area contributed by atoms with Crippen LogP contribution < -0.4 is 9.64 Å². The molecule has 0 unspecified atom stereocenters. The van der Waals surface area contributed by atoms with Crippen LogP contribution >= 0.6 is 11.6 Å².